The molecule has 0 aromatic carbocycles. The Morgan fingerprint density at radius 2 is 2.36 bits per heavy atom. The molecule has 1 aliphatic heterocycles. The van der Waals surface area contributed by atoms with Gasteiger partial charge in [0.2, 0.25) is 0 Å². The number of aryl methyl sites for hydroxylation is 1. The van der Waals surface area contributed by atoms with Crippen LogP contribution in [0.4, 0.5) is 5.82 Å². The Morgan fingerprint density at radius 3 is 3.07 bits per heavy atom. The van der Waals surface area contributed by atoms with Gasteiger partial charge in [0, 0.05) is 45.0 Å². The lowest BCUT2D eigenvalue weighted by atomic mass is 10.2. The van der Waals surface area contributed by atoms with Crippen molar-refractivity contribution < 1.29 is 0 Å². The Bertz CT molecular complexity index is 294. The molecule has 78 valence electrons. The molecular formula is C10H18N4. The van der Waals surface area contributed by atoms with Gasteiger partial charge in [-0.15, -0.1) is 0 Å². The third-order valence-electron chi connectivity index (χ3n) is 2.73. The van der Waals surface area contributed by atoms with Crippen LogP contribution in [-0.4, -0.2) is 35.5 Å². The van der Waals surface area contributed by atoms with Gasteiger partial charge in [0.25, 0.3) is 0 Å². The molecule has 1 atom stereocenters. The highest BCUT2D eigenvalue weighted by Gasteiger charge is 2.14. The standard InChI is InChI=1S/C10H18N4/c1-9-3-7-14(8-5-11-9)10-4-6-13(2)12-10/h4,6,9,11H,3,5,7-8H2,1-2H3. The number of rotatable bonds is 1. The van der Waals surface area contributed by atoms with Crippen molar-refractivity contribution in [3.63, 3.8) is 0 Å². The minimum absolute atomic E-state index is 0.628. The average Bonchev–Trinajstić information content (AvgIpc) is 2.46. The van der Waals surface area contributed by atoms with Crippen molar-refractivity contribution >= 4 is 5.82 Å². The van der Waals surface area contributed by atoms with Crippen LogP contribution in [0.1, 0.15) is 13.3 Å². The van der Waals surface area contributed by atoms with E-state index >= 15 is 0 Å². The molecule has 1 N–H and O–H groups in total. The zero-order valence-electron chi connectivity index (χ0n) is 8.90. The molecule has 0 aliphatic carbocycles. The van der Waals surface area contributed by atoms with Crippen LogP contribution in [0.5, 0.6) is 0 Å². The van der Waals surface area contributed by atoms with Crippen molar-refractivity contribution in [2.24, 2.45) is 7.05 Å². The Balaban J connectivity index is 2.04. The summed E-state index contributed by atoms with van der Waals surface area (Å²) >= 11 is 0. The molecule has 4 heteroatoms. The van der Waals surface area contributed by atoms with E-state index in [1.54, 1.807) is 0 Å². The SMILES string of the molecule is CC1CCN(c2ccn(C)n2)CCN1. The molecule has 1 aromatic heterocycles. The van der Waals surface area contributed by atoms with Gasteiger partial charge in [0.05, 0.1) is 0 Å². The van der Waals surface area contributed by atoms with Crippen molar-refractivity contribution in [1.82, 2.24) is 15.1 Å². The molecule has 0 radical (unpaired) electrons. The van der Waals surface area contributed by atoms with E-state index in [9.17, 15) is 0 Å². The lowest BCUT2D eigenvalue weighted by molar-refractivity contribution is 0.566. The van der Waals surface area contributed by atoms with Crippen molar-refractivity contribution in [2.45, 2.75) is 19.4 Å². The third-order valence-corrected chi connectivity index (χ3v) is 2.73. The minimum atomic E-state index is 0.628. The van der Waals surface area contributed by atoms with Crippen LogP contribution in [-0.2, 0) is 7.05 Å². The van der Waals surface area contributed by atoms with Gasteiger partial charge in [-0.1, -0.05) is 0 Å². The van der Waals surface area contributed by atoms with E-state index in [0.29, 0.717) is 6.04 Å². The second-order valence-corrected chi connectivity index (χ2v) is 3.98. The molecule has 0 saturated carbocycles. The Hall–Kier alpha value is -1.03. The molecule has 1 unspecified atom stereocenters. The lowest BCUT2D eigenvalue weighted by Crippen LogP contribution is -2.29. The quantitative estimate of drug-likeness (QED) is 0.711. The monoisotopic (exact) mass is 194 g/mol. The maximum atomic E-state index is 4.42. The van der Waals surface area contributed by atoms with Crippen molar-refractivity contribution in [3.05, 3.63) is 12.3 Å². The predicted molar refractivity (Wildman–Crippen MR) is 57.5 cm³/mol. The molecule has 14 heavy (non-hydrogen) atoms. The normalized spacial score (nSPS) is 23.6. The number of anilines is 1. The fourth-order valence-corrected chi connectivity index (χ4v) is 1.81. The number of nitrogens with one attached hydrogen (secondary N) is 1. The first-order valence-electron chi connectivity index (χ1n) is 5.23. The number of hydrogen-bond acceptors (Lipinski definition) is 3. The van der Waals surface area contributed by atoms with E-state index in [1.165, 1.54) is 6.42 Å². The summed E-state index contributed by atoms with van der Waals surface area (Å²) in [5.41, 5.74) is 0. The van der Waals surface area contributed by atoms with E-state index in [-0.39, 0.29) is 0 Å². The summed E-state index contributed by atoms with van der Waals surface area (Å²) in [5.74, 6) is 1.10. The zero-order chi connectivity index (χ0) is 9.97. The summed E-state index contributed by atoms with van der Waals surface area (Å²) in [6.45, 7) is 5.45. The van der Waals surface area contributed by atoms with Gasteiger partial charge in [-0.2, -0.15) is 5.10 Å². The second kappa shape index (κ2) is 4.00. The average molecular weight is 194 g/mol. The molecule has 1 aromatic rings. The van der Waals surface area contributed by atoms with Crippen LogP contribution in [0.2, 0.25) is 0 Å². The maximum absolute atomic E-state index is 4.42. The van der Waals surface area contributed by atoms with Gasteiger partial charge < -0.3 is 10.2 Å². The van der Waals surface area contributed by atoms with Crippen molar-refractivity contribution in [3.8, 4) is 0 Å². The van der Waals surface area contributed by atoms with Gasteiger partial charge in [-0.3, -0.25) is 4.68 Å². The molecule has 2 rings (SSSR count). The van der Waals surface area contributed by atoms with Crippen LogP contribution in [0, 0.1) is 0 Å². The van der Waals surface area contributed by atoms with Gasteiger partial charge in [-0.05, 0) is 13.3 Å². The topological polar surface area (TPSA) is 33.1 Å². The van der Waals surface area contributed by atoms with Crippen LogP contribution < -0.4 is 10.2 Å². The Labute approximate surface area is 84.9 Å². The largest absolute Gasteiger partial charge is 0.354 e. The molecule has 0 amide bonds. The third kappa shape index (κ3) is 2.07. The number of aromatic nitrogens is 2. The molecule has 0 bridgehead atoms. The summed E-state index contributed by atoms with van der Waals surface area (Å²) in [6.07, 6.45) is 3.19. The van der Waals surface area contributed by atoms with Gasteiger partial charge in [0.1, 0.15) is 0 Å². The lowest BCUT2D eigenvalue weighted by Gasteiger charge is -2.18. The van der Waals surface area contributed by atoms with Gasteiger partial charge in [-0.25, -0.2) is 0 Å². The molecule has 4 nitrogen and oxygen atoms in total. The molecular weight excluding hydrogens is 176 g/mol. The van der Waals surface area contributed by atoms with E-state index in [2.05, 4.69) is 28.3 Å². The minimum Gasteiger partial charge on any atom is -0.354 e. The summed E-state index contributed by atoms with van der Waals surface area (Å²) in [5, 5.41) is 7.89. The molecule has 1 saturated heterocycles. The first kappa shape index (κ1) is 9.52. The second-order valence-electron chi connectivity index (χ2n) is 3.98. The van der Waals surface area contributed by atoms with Crippen LogP contribution in [0.25, 0.3) is 0 Å². The summed E-state index contributed by atoms with van der Waals surface area (Å²) in [7, 11) is 1.96. The maximum Gasteiger partial charge on any atom is 0.150 e. The van der Waals surface area contributed by atoms with E-state index in [1.807, 2.05) is 17.9 Å². The first-order chi connectivity index (χ1) is 6.75. The summed E-state index contributed by atoms with van der Waals surface area (Å²) in [6, 6.07) is 2.71. The molecule has 2 heterocycles. The van der Waals surface area contributed by atoms with E-state index < -0.39 is 0 Å². The Morgan fingerprint density at radius 1 is 1.50 bits per heavy atom. The molecule has 1 fully saturated rings. The van der Waals surface area contributed by atoms with E-state index in [0.717, 1.165) is 25.5 Å². The fourth-order valence-electron chi connectivity index (χ4n) is 1.81. The number of nitrogens with zero attached hydrogens (tertiary/aromatic N) is 3. The molecule has 1 aliphatic rings. The number of hydrogen-bond donors (Lipinski definition) is 1. The summed E-state index contributed by atoms with van der Waals surface area (Å²) < 4.78 is 1.86. The zero-order valence-corrected chi connectivity index (χ0v) is 8.90. The highest BCUT2D eigenvalue weighted by atomic mass is 15.3. The molecule has 0 spiro atoms. The fraction of sp³-hybridized carbons (Fsp3) is 0.700. The van der Waals surface area contributed by atoms with Crippen LogP contribution in [0.3, 0.4) is 0 Å². The van der Waals surface area contributed by atoms with Crippen LogP contribution >= 0.6 is 0 Å². The highest BCUT2D eigenvalue weighted by molar-refractivity contribution is 5.37. The summed E-state index contributed by atoms with van der Waals surface area (Å²) in [4.78, 5) is 2.34. The van der Waals surface area contributed by atoms with Crippen LogP contribution in [0.15, 0.2) is 12.3 Å². The van der Waals surface area contributed by atoms with E-state index in [4.69, 9.17) is 0 Å². The van der Waals surface area contributed by atoms with Gasteiger partial charge in [0.15, 0.2) is 5.82 Å². The van der Waals surface area contributed by atoms with Crippen molar-refractivity contribution in [2.75, 3.05) is 24.5 Å². The first-order valence-corrected chi connectivity index (χ1v) is 5.23. The Kier molecular flexibility index (Phi) is 2.72. The smallest absolute Gasteiger partial charge is 0.150 e. The highest BCUT2D eigenvalue weighted by Crippen LogP contribution is 2.12. The predicted octanol–water partition coefficient (Wildman–Crippen LogP) is 0.608. The van der Waals surface area contributed by atoms with Gasteiger partial charge >= 0.3 is 0 Å². The van der Waals surface area contributed by atoms with Crippen molar-refractivity contribution in [1.29, 1.82) is 0 Å².